The molecule has 1 saturated heterocycles. The molecule has 150 valence electrons. The summed E-state index contributed by atoms with van der Waals surface area (Å²) in [5.74, 6) is -0.194. The maximum atomic E-state index is 12.4. The van der Waals surface area contributed by atoms with Crippen LogP contribution in [0.3, 0.4) is 0 Å². The van der Waals surface area contributed by atoms with E-state index in [4.69, 9.17) is 0 Å². The highest BCUT2D eigenvalue weighted by molar-refractivity contribution is 5.85. The van der Waals surface area contributed by atoms with Crippen molar-refractivity contribution in [2.45, 2.75) is 19.3 Å². The average molecular weight is 423 g/mol. The third-order valence-electron chi connectivity index (χ3n) is 4.43. The van der Waals surface area contributed by atoms with Crippen LogP contribution in [0, 0.1) is 6.92 Å². The summed E-state index contributed by atoms with van der Waals surface area (Å²) >= 11 is 0. The van der Waals surface area contributed by atoms with Crippen molar-refractivity contribution in [1.29, 1.82) is 0 Å². The fourth-order valence-corrected chi connectivity index (χ4v) is 3.27. The minimum atomic E-state index is -4.67. The number of nitrogens with zero attached hydrogens (tertiary/aromatic N) is 1. The molecule has 2 aromatic rings. The van der Waals surface area contributed by atoms with Gasteiger partial charge in [-0.25, -0.2) is 0 Å². The molecule has 2 aromatic carbocycles. The smallest absolute Gasteiger partial charge is 0.406 e. The largest absolute Gasteiger partial charge is 0.573 e. The van der Waals surface area contributed by atoms with Gasteiger partial charge in [-0.1, -0.05) is 36.4 Å². The molecule has 1 aliphatic rings. The number of rotatable bonds is 4. The van der Waals surface area contributed by atoms with Gasteiger partial charge in [-0.15, -0.1) is 38.0 Å². The summed E-state index contributed by atoms with van der Waals surface area (Å²) in [6.07, 6.45) is -4.67. The average Bonchev–Trinajstić information content (AvgIpc) is 2.58. The quantitative estimate of drug-likeness (QED) is 0.770. The van der Waals surface area contributed by atoms with E-state index in [2.05, 4.69) is 34.0 Å². The lowest BCUT2D eigenvalue weighted by Crippen LogP contribution is -2.45. The van der Waals surface area contributed by atoms with Crippen LogP contribution >= 0.6 is 24.8 Å². The molecule has 1 N–H and O–H groups in total. The molecule has 3 nitrogen and oxygen atoms in total. The van der Waals surface area contributed by atoms with E-state index in [9.17, 15) is 13.2 Å². The highest BCUT2D eigenvalue weighted by Gasteiger charge is 2.31. The molecule has 1 fully saturated rings. The van der Waals surface area contributed by atoms with E-state index in [-0.39, 0.29) is 36.6 Å². The zero-order valence-electron chi connectivity index (χ0n) is 14.8. The number of ether oxygens (including phenoxy) is 1. The van der Waals surface area contributed by atoms with E-state index in [0.717, 1.165) is 31.7 Å². The lowest BCUT2D eigenvalue weighted by molar-refractivity contribution is -0.274. The molecular weight excluding hydrogens is 400 g/mol. The minimum Gasteiger partial charge on any atom is -0.406 e. The van der Waals surface area contributed by atoms with Crippen LogP contribution in [-0.2, 0) is 0 Å². The fourth-order valence-electron chi connectivity index (χ4n) is 3.27. The standard InChI is InChI=1S/C19H21F3N2O.2ClH/c1-14-4-2-3-5-17(14)18(24-12-10-23-11-13-24)15-6-8-16(9-7-15)25-19(20,21)22;;/h2-9,18,23H,10-13H2,1H3;2*1H/t18-;;/m1../s1. The van der Waals surface area contributed by atoms with Gasteiger partial charge in [0.25, 0.3) is 0 Å². The molecule has 1 aliphatic heterocycles. The molecule has 3 rings (SSSR count). The lowest BCUT2D eigenvalue weighted by atomic mass is 9.93. The molecule has 1 atom stereocenters. The van der Waals surface area contributed by atoms with Gasteiger partial charge >= 0.3 is 6.36 Å². The maximum absolute atomic E-state index is 12.4. The van der Waals surface area contributed by atoms with Crippen LogP contribution in [0.1, 0.15) is 22.7 Å². The predicted molar refractivity (Wildman–Crippen MR) is 105 cm³/mol. The number of nitrogens with one attached hydrogen (secondary N) is 1. The van der Waals surface area contributed by atoms with Gasteiger partial charge in [-0.2, -0.15) is 0 Å². The molecule has 0 spiro atoms. The lowest BCUT2D eigenvalue weighted by Gasteiger charge is -2.36. The Morgan fingerprint density at radius 3 is 2.11 bits per heavy atom. The van der Waals surface area contributed by atoms with Crippen LogP contribution in [0.15, 0.2) is 48.5 Å². The topological polar surface area (TPSA) is 24.5 Å². The zero-order chi connectivity index (χ0) is 17.9. The summed E-state index contributed by atoms with van der Waals surface area (Å²) in [7, 11) is 0. The van der Waals surface area contributed by atoms with E-state index in [1.807, 2.05) is 12.1 Å². The van der Waals surface area contributed by atoms with Gasteiger partial charge in [0.15, 0.2) is 0 Å². The number of piperazine rings is 1. The van der Waals surface area contributed by atoms with Gasteiger partial charge in [0, 0.05) is 26.2 Å². The van der Waals surface area contributed by atoms with Crippen molar-refractivity contribution in [1.82, 2.24) is 10.2 Å². The van der Waals surface area contributed by atoms with Crippen molar-refractivity contribution in [3.05, 3.63) is 65.2 Å². The summed E-state index contributed by atoms with van der Waals surface area (Å²) in [6, 6.07) is 14.4. The number of hydrogen-bond acceptors (Lipinski definition) is 3. The summed E-state index contributed by atoms with van der Waals surface area (Å²) < 4.78 is 41.1. The second-order valence-corrected chi connectivity index (χ2v) is 6.16. The van der Waals surface area contributed by atoms with Crippen LogP contribution in [0.4, 0.5) is 13.2 Å². The van der Waals surface area contributed by atoms with Crippen LogP contribution in [-0.4, -0.2) is 37.4 Å². The van der Waals surface area contributed by atoms with Gasteiger partial charge < -0.3 is 10.1 Å². The molecule has 0 radical (unpaired) electrons. The Morgan fingerprint density at radius 2 is 1.56 bits per heavy atom. The summed E-state index contributed by atoms with van der Waals surface area (Å²) in [6.45, 7) is 5.64. The summed E-state index contributed by atoms with van der Waals surface area (Å²) in [5, 5.41) is 3.34. The van der Waals surface area contributed by atoms with E-state index >= 15 is 0 Å². The highest BCUT2D eigenvalue weighted by Crippen LogP contribution is 2.32. The first kappa shape index (κ1) is 23.6. The van der Waals surface area contributed by atoms with E-state index in [1.165, 1.54) is 23.3 Å². The molecule has 0 bridgehead atoms. The maximum Gasteiger partial charge on any atom is 0.573 e. The molecule has 1 heterocycles. The Balaban J connectivity index is 0.00000182. The first-order chi connectivity index (χ1) is 11.9. The van der Waals surface area contributed by atoms with Gasteiger partial charge in [0.05, 0.1) is 6.04 Å². The van der Waals surface area contributed by atoms with Crippen molar-refractivity contribution in [3.63, 3.8) is 0 Å². The molecule has 27 heavy (non-hydrogen) atoms. The Kier molecular flexibility index (Phi) is 8.88. The molecule has 0 amide bonds. The van der Waals surface area contributed by atoms with E-state index < -0.39 is 6.36 Å². The van der Waals surface area contributed by atoms with Crippen molar-refractivity contribution in [2.75, 3.05) is 26.2 Å². The predicted octanol–water partition coefficient (Wildman–Crippen LogP) is 4.73. The monoisotopic (exact) mass is 422 g/mol. The van der Waals surface area contributed by atoms with Crippen LogP contribution < -0.4 is 10.1 Å². The number of aryl methyl sites for hydroxylation is 1. The fraction of sp³-hybridized carbons (Fsp3) is 0.368. The third kappa shape index (κ3) is 6.28. The SMILES string of the molecule is Cc1ccccc1[C@@H](c1ccc(OC(F)(F)F)cc1)N1CCNCC1.Cl.Cl. The molecule has 0 unspecified atom stereocenters. The van der Waals surface area contributed by atoms with Gasteiger partial charge in [-0.05, 0) is 35.7 Å². The Bertz CT molecular complexity index is 705. The highest BCUT2D eigenvalue weighted by atomic mass is 35.5. The minimum absolute atomic E-state index is 0. The van der Waals surface area contributed by atoms with Gasteiger partial charge in [-0.3, -0.25) is 4.90 Å². The van der Waals surface area contributed by atoms with Crippen LogP contribution in [0.25, 0.3) is 0 Å². The normalized spacial score (nSPS) is 16.0. The van der Waals surface area contributed by atoms with Crippen LogP contribution in [0.2, 0.25) is 0 Å². The molecule has 0 saturated carbocycles. The van der Waals surface area contributed by atoms with Crippen molar-refractivity contribution in [2.24, 2.45) is 0 Å². The first-order valence-corrected chi connectivity index (χ1v) is 8.30. The molecular formula is C19H23Cl2F3N2O. The number of benzene rings is 2. The van der Waals surface area contributed by atoms with E-state index in [0.29, 0.717) is 0 Å². The van der Waals surface area contributed by atoms with Crippen LogP contribution in [0.5, 0.6) is 5.75 Å². The van der Waals surface area contributed by atoms with Crippen molar-refractivity contribution in [3.8, 4) is 5.75 Å². The Labute approximate surface area is 169 Å². The Hall–Kier alpha value is -1.47. The third-order valence-corrected chi connectivity index (χ3v) is 4.43. The number of alkyl halides is 3. The molecule has 0 aromatic heterocycles. The number of hydrogen-bond donors (Lipinski definition) is 1. The number of halogens is 5. The molecule has 8 heteroatoms. The Morgan fingerprint density at radius 1 is 0.963 bits per heavy atom. The van der Waals surface area contributed by atoms with Gasteiger partial charge in [0.2, 0.25) is 0 Å². The zero-order valence-corrected chi connectivity index (χ0v) is 16.5. The second kappa shape index (κ2) is 10.2. The first-order valence-electron chi connectivity index (χ1n) is 8.30. The second-order valence-electron chi connectivity index (χ2n) is 6.16. The van der Waals surface area contributed by atoms with E-state index in [1.54, 1.807) is 12.1 Å². The molecule has 0 aliphatic carbocycles. The summed E-state index contributed by atoms with van der Waals surface area (Å²) in [4.78, 5) is 2.36. The van der Waals surface area contributed by atoms with Crippen molar-refractivity contribution < 1.29 is 17.9 Å². The summed E-state index contributed by atoms with van der Waals surface area (Å²) in [5.41, 5.74) is 3.31. The van der Waals surface area contributed by atoms with Crippen molar-refractivity contribution >= 4 is 24.8 Å². The van der Waals surface area contributed by atoms with Gasteiger partial charge in [0.1, 0.15) is 5.75 Å².